The average molecular weight is 818 g/mol. The number of benzene rings is 10. The summed E-state index contributed by atoms with van der Waals surface area (Å²) in [4.78, 5) is 2.38. The molecule has 13 rings (SSSR count). The minimum absolute atomic E-state index is 0.495. The number of anilines is 3. The summed E-state index contributed by atoms with van der Waals surface area (Å²) in [6.07, 6.45) is 0. The van der Waals surface area contributed by atoms with Gasteiger partial charge in [0.05, 0.1) is 10.8 Å². The first-order chi connectivity index (χ1) is 31.7. The summed E-state index contributed by atoms with van der Waals surface area (Å²) < 4.78 is 13.1. The molecule has 0 radical (unpaired) electrons. The Morgan fingerprint density at radius 2 is 0.875 bits per heavy atom. The molecule has 0 fully saturated rings. The highest BCUT2D eigenvalue weighted by atomic mass is 16.3. The van der Waals surface area contributed by atoms with E-state index in [1.54, 1.807) is 0 Å². The highest BCUT2D eigenvalue weighted by Crippen LogP contribution is 2.57. The molecule has 2 aromatic heterocycles. The van der Waals surface area contributed by atoms with Crippen molar-refractivity contribution in [1.29, 1.82) is 0 Å². The van der Waals surface area contributed by atoms with Gasteiger partial charge >= 0.3 is 0 Å². The molecule has 1 aliphatic carbocycles. The van der Waals surface area contributed by atoms with Gasteiger partial charge in [0.15, 0.2) is 0 Å². The molecule has 0 aliphatic heterocycles. The molecule has 2 heterocycles. The summed E-state index contributed by atoms with van der Waals surface area (Å²) in [5, 5.41) is 4.26. The third-order valence-electron chi connectivity index (χ3n) is 13.3. The summed E-state index contributed by atoms with van der Waals surface area (Å²) in [6, 6.07) is 85.2. The number of hydrogen-bond donors (Lipinski definition) is 0. The molecule has 0 N–H and O–H groups in total. The second-order valence-corrected chi connectivity index (χ2v) is 16.8. The molecule has 0 spiro atoms. The molecule has 0 unspecified atom stereocenters. The first kappa shape index (κ1) is 36.3. The molecule has 1 aliphatic rings. The number of fused-ring (bicyclic) bond motifs is 10. The monoisotopic (exact) mass is 817 g/mol. The lowest BCUT2D eigenvalue weighted by Crippen LogP contribution is -2.28. The molecule has 64 heavy (non-hydrogen) atoms. The fourth-order valence-corrected chi connectivity index (χ4v) is 10.6. The SMILES string of the molecule is c1ccc(N(c2ccc(-c3cccc(-c4cc5oc6ccccc6c5c5oc6ccccc6c45)c3)cc2)c2ccc3c(c2)C(c2ccccc2)(c2ccccc2)c2ccccc2-3)cc1. The molecule has 0 amide bonds. The van der Waals surface area contributed by atoms with Gasteiger partial charge in [0.2, 0.25) is 0 Å². The molecule has 0 saturated heterocycles. The zero-order chi connectivity index (χ0) is 42.2. The van der Waals surface area contributed by atoms with Crippen LogP contribution in [0.5, 0.6) is 0 Å². The van der Waals surface area contributed by atoms with Crippen molar-refractivity contribution in [2.75, 3.05) is 4.90 Å². The highest BCUT2D eigenvalue weighted by molar-refractivity contribution is 6.26. The fraction of sp³-hybridized carbons (Fsp3) is 0.0164. The van der Waals surface area contributed by atoms with Crippen molar-refractivity contribution in [3.8, 4) is 33.4 Å². The average Bonchev–Trinajstić information content (AvgIpc) is 4.03. The van der Waals surface area contributed by atoms with Crippen molar-refractivity contribution in [2.24, 2.45) is 0 Å². The van der Waals surface area contributed by atoms with E-state index >= 15 is 0 Å². The van der Waals surface area contributed by atoms with Crippen LogP contribution in [0.1, 0.15) is 22.3 Å². The van der Waals surface area contributed by atoms with Crippen LogP contribution in [0.3, 0.4) is 0 Å². The maximum Gasteiger partial charge on any atom is 0.147 e. The molecular weight excluding hydrogens is 779 g/mol. The molecule has 12 aromatic rings. The van der Waals surface area contributed by atoms with E-state index in [9.17, 15) is 0 Å². The molecule has 0 bridgehead atoms. The molecule has 3 heteroatoms. The van der Waals surface area contributed by atoms with Gasteiger partial charge in [0.1, 0.15) is 22.3 Å². The van der Waals surface area contributed by atoms with Crippen molar-refractivity contribution >= 4 is 60.9 Å². The Morgan fingerprint density at radius 3 is 1.61 bits per heavy atom. The maximum atomic E-state index is 6.65. The minimum atomic E-state index is -0.495. The van der Waals surface area contributed by atoms with Gasteiger partial charge in [-0.05, 0) is 116 Å². The van der Waals surface area contributed by atoms with Gasteiger partial charge in [-0.3, -0.25) is 0 Å². The quantitative estimate of drug-likeness (QED) is 0.160. The summed E-state index contributed by atoms with van der Waals surface area (Å²) in [7, 11) is 0. The lowest BCUT2D eigenvalue weighted by Gasteiger charge is -2.35. The normalized spacial score (nSPS) is 12.8. The molecule has 0 atom stereocenters. The van der Waals surface area contributed by atoms with Gasteiger partial charge in [0.25, 0.3) is 0 Å². The Morgan fingerprint density at radius 1 is 0.312 bits per heavy atom. The van der Waals surface area contributed by atoms with Crippen LogP contribution >= 0.6 is 0 Å². The standard InChI is InChI=1S/C61H39NO2/c1-4-19-43(20-5-1)61(44-21-6-2-7-22-44)53-28-13-10-25-48(53)49-36-35-47(38-54(49)61)62(45-23-8-3-9-24-45)46-33-31-40(32-34-46)41-17-16-18-42(37-41)52-39-57-59(51-27-12-14-29-55(51)63-57)60-58(52)50-26-11-15-30-56(50)64-60/h1-39H. The van der Waals surface area contributed by atoms with E-state index in [-0.39, 0.29) is 0 Å². The highest BCUT2D eigenvalue weighted by Gasteiger charge is 2.46. The second kappa shape index (κ2) is 14.3. The Labute approximate surface area is 370 Å². The van der Waals surface area contributed by atoms with Crippen LogP contribution in [0.25, 0.3) is 77.3 Å². The third kappa shape index (κ3) is 5.41. The van der Waals surface area contributed by atoms with Crippen LogP contribution in [0.4, 0.5) is 17.1 Å². The maximum absolute atomic E-state index is 6.65. The number of nitrogens with zero attached hydrogens (tertiary/aromatic N) is 1. The van der Waals surface area contributed by atoms with E-state index in [0.717, 1.165) is 83.2 Å². The van der Waals surface area contributed by atoms with E-state index in [0.29, 0.717) is 0 Å². The van der Waals surface area contributed by atoms with Crippen molar-refractivity contribution in [1.82, 2.24) is 0 Å². The van der Waals surface area contributed by atoms with Crippen molar-refractivity contribution in [3.05, 3.63) is 259 Å². The van der Waals surface area contributed by atoms with E-state index in [1.807, 2.05) is 18.2 Å². The van der Waals surface area contributed by atoms with Crippen molar-refractivity contribution in [2.45, 2.75) is 5.41 Å². The number of rotatable bonds is 7. The minimum Gasteiger partial charge on any atom is -0.456 e. The Hall–Kier alpha value is -8.40. The summed E-state index contributed by atoms with van der Waals surface area (Å²) in [5.74, 6) is 0. The lowest BCUT2D eigenvalue weighted by molar-refractivity contribution is 0.663. The first-order valence-corrected chi connectivity index (χ1v) is 21.9. The van der Waals surface area contributed by atoms with Crippen LogP contribution in [0.2, 0.25) is 0 Å². The predicted molar refractivity (Wildman–Crippen MR) is 264 cm³/mol. The number of furan rings is 2. The first-order valence-electron chi connectivity index (χ1n) is 21.9. The second-order valence-electron chi connectivity index (χ2n) is 16.8. The number of hydrogen-bond acceptors (Lipinski definition) is 3. The molecule has 0 saturated carbocycles. The zero-order valence-corrected chi connectivity index (χ0v) is 34.8. The lowest BCUT2D eigenvalue weighted by atomic mass is 9.67. The van der Waals surface area contributed by atoms with E-state index in [4.69, 9.17) is 8.83 Å². The van der Waals surface area contributed by atoms with Crippen LogP contribution in [-0.4, -0.2) is 0 Å². The fourth-order valence-electron chi connectivity index (χ4n) is 10.6. The van der Waals surface area contributed by atoms with Gasteiger partial charge in [-0.2, -0.15) is 0 Å². The zero-order valence-electron chi connectivity index (χ0n) is 34.8. The Bertz CT molecular complexity index is 3680. The van der Waals surface area contributed by atoms with Crippen molar-refractivity contribution < 1.29 is 8.83 Å². The summed E-state index contributed by atoms with van der Waals surface area (Å²) >= 11 is 0. The van der Waals surface area contributed by atoms with E-state index < -0.39 is 5.41 Å². The summed E-state index contributed by atoms with van der Waals surface area (Å²) in [6.45, 7) is 0. The van der Waals surface area contributed by atoms with Gasteiger partial charge in [-0.15, -0.1) is 0 Å². The predicted octanol–water partition coefficient (Wildman–Crippen LogP) is 16.7. The molecule has 3 nitrogen and oxygen atoms in total. The number of para-hydroxylation sites is 3. The van der Waals surface area contributed by atoms with Gasteiger partial charge < -0.3 is 13.7 Å². The van der Waals surface area contributed by atoms with Gasteiger partial charge in [-0.1, -0.05) is 176 Å². The van der Waals surface area contributed by atoms with Crippen molar-refractivity contribution in [3.63, 3.8) is 0 Å². The Kier molecular flexibility index (Phi) is 8.13. The topological polar surface area (TPSA) is 29.5 Å². The van der Waals surface area contributed by atoms with E-state index in [2.05, 4.69) is 223 Å². The van der Waals surface area contributed by atoms with Crippen LogP contribution < -0.4 is 4.90 Å². The molecule has 10 aromatic carbocycles. The Balaban J connectivity index is 0.940. The molecular formula is C61H39NO2. The van der Waals surface area contributed by atoms with Crippen LogP contribution in [0, 0.1) is 0 Å². The van der Waals surface area contributed by atoms with Crippen LogP contribution in [-0.2, 0) is 5.41 Å². The molecule has 300 valence electrons. The van der Waals surface area contributed by atoms with Gasteiger partial charge in [0, 0.05) is 33.2 Å². The van der Waals surface area contributed by atoms with E-state index in [1.165, 1.54) is 33.4 Å². The smallest absolute Gasteiger partial charge is 0.147 e. The van der Waals surface area contributed by atoms with Gasteiger partial charge in [-0.25, -0.2) is 0 Å². The largest absolute Gasteiger partial charge is 0.456 e. The third-order valence-corrected chi connectivity index (χ3v) is 13.3. The van der Waals surface area contributed by atoms with Crippen LogP contribution in [0.15, 0.2) is 245 Å². The summed E-state index contributed by atoms with van der Waals surface area (Å²) in [5.41, 5.74) is 18.2.